The Kier molecular flexibility index (Phi) is 4.18. The zero-order valence-corrected chi connectivity index (χ0v) is 13.8. The van der Waals surface area contributed by atoms with E-state index in [9.17, 15) is 4.79 Å². The highest BCUT2D eigenvalue weighted by molar-refractivity contribution is 5.88. The van der Waals surface area contributed by atoms with Crippen molar-refractivity contribution in [1.82, 2.24) is 10.3 Å². The molecule has 23 heavy (non-hydrogen) atoms. The normalized spacial score (nSPS) is 22.7. The molecule has 1 amide bonds. The number of carbonyl (C=O) groups excluding carboxylic acids is 1. The van der Waals surface area contributed by atoms with E-state index in [1.165, 1.54) is 18.1 Å². The molecule has 1 aliphatic heterocycles. The van der Waals surface area contributed by atoms with E-state index >= 15 is 0 Å². The maximum absolute atomic E-state index is 11.1. The second-order valence-electron chi connectivity index (χ2n) is 6.79. The summed E-state index contributed by atoms with van der Waals surface area (Å²) in [7, 11) is 0. The molecular formula is C19H23N3O. The first-order valence-electron chi connectivity index (χ1n) is 8.01. The molecule has 0 aliphatic carbocycles. The number of nitrogens with one attached hydrogen (secondary N) is 2. The Hall–Kier alpha value is -2.20. The largest absolute Gasteiger partial charge is 0.326 e. The van der Waals surface area contributed by atoms with Gasteiger partial charge in [-0.2, -0.15) is 0 Å². The molecular weight excluding hydrogens is 286 g/mol. The maximum atomic E-state index is 11.1. The SMILES string of the molecule is CC(=O)Nc1ccc([C@@H]2C[C@@H](c3ccncc3)C(C)(C)N2)cc1. The van der Waals surface area contributed by atoms with E-state index in [4.69, 9.17) is 0 Å². The van der Waals surface area contributed by atoms with Gasteiger partial charge in [-0.05, 0) is 55.7 Å². The average Bonchev–Trinajstić information content (AvgIpc) is 2.84. The lowest BCUT2D eigenvalue weighted by molar-refractivity contribution is -0.114. The summed E-state index contributed by atoms with van der Waals surface area (Å²) in [6.45, 7) is 6.03. The first kappa shape index (κ1) is 15.7. The molecule has 2 heterocycles. The fourth-order valence-electron chi connectivity index (χ4n) is 3.51. The summed E-state index contributed by atoms with van der Waals surface area (Å²) in [6.07, 6.45) is 4.78. The van der Waals surface area contributed by atoms with Crippen molar-refractivity contribution >= 4 is 11.6 Å². The number of rotatable bonds is 3. The minimum absolute atomic E-state index is 0.0301. The number of pyridine rings is 1. The molecule has 4 heteroatoms. The third kappa shape index (κ3) is 3.42. The molecule has 2 aromatic rings. The van der Waals surface area contributed by atoms with Crippen LogP contribution in [0.5, 0.6) is 0 Å². The highest BCUT2D eigenvalue weighted by atomic mass is 16.1. The lowest BCUT2D eigenvalue weighted by Crippen LogP contribution is -2.37. The molecule has 0 unspecified atom stereocenters. The summed E-state index contributed by atoms with van der Waals surface area (Å²) in [5.41, 5.74) is 3.45. The molecule has 2 N–H and O–H groups in total. The van der Waals surface area contributed by atoms with E-state index in [2.05, 4.69) is 53.7 Å². The lowest BCUT2D eigenvalue weighted by Gasteiger charge is -2.27. The predicted molar refractivity (Wildman–Crippen MR) is 92.3 cm³/mol. The number of nitrogens with zero attached hydrogens (tertiary/aromatic N) is 1. The highest BCUT2D eigenvalue weighted by Crippen LogP contribution is 2.43. The summed E-state index contributed by atoms with van der Waals surface area (Å²) >= 11 is 0. The van der Waals surface area contributed by atoms with Crippen LogP contribution >= 0.6 is 0 Å². The van der Waals surface area contributed by atoms with E-state index in [0.29, 0.717) is 12.0 Å². The van der Waals surface area contributed by atoms with Gasteiger partial charge in [-0.25, -0.2) is 0 Å². The molecule has 2 atom stereocenters. The van der Waals surface area contributed by atoms with Crippen molar-refractivity contribution in [3.8, 4) is 0 Å². The Morgan fingerprint density at radius 2 is 1.78 bits per heavy atom. The molecule has 0 spiro atoms. The van der Waals surface area contributed by atoms with Crippen molar-refractivity contribution in [1.29, 1.82) is 0 Å². The van der Waals surface area contributed by atoms with Gasteiger partial charge < -0.3 is 10.6 Å². The van der Waals surface area contributed by atoms with Crippen molar-refractivity contribution in [3.63, 3.8) is 0 Å². The fourth-order valence-corrected chi connectivity index (χ4v) is 3.51. The zero-order valence-electron chi connectivity index (χ0n) is 13.8. The topological polar surface area (TPSA) is 54.0 Å². The van der Waals surface area contributed by atoms with Gasteiger partial charge in [0.25, 0.3) is 0 Å². The molecule has 1 aliphatic rings. The van der Waals surface area contributed by atoms with Crippen molar-refractivity contribution in [2.75, 3.05) is 5.32 Å². The van der Waals surface area contributed by atoms with E-state index < -0.39 is 0 Å². The third-order valence-corrected chi connectivity index (χ3v) is 4.63. The number of benzene rings is 1. The van der Waals surface area contributed by atoms with Gasteiger partial charge in [0.15, 0.2) is 0 Å². The monoisotopic (exact) mass is 309 g/mol. The van der Waals surface area contributed by atoms with Crippen molar-refractivity contribution in [2.45, 2.75) is 44.7 Å². The second kappa shape index (κ2) is 6.13. The minimum atomic E-state index is -0.0457. The van der Waals surface area contributed by atoms with E-state index in [1.54, 1.807) is 0 Å². The summed E-state index contributed by atoms with van der Waals surface area (Å²) in [6, 6.07) is 12.6. The van der Waals surface area contributed by atoms with Crippen LogP contribution in [-0.2, 0) is 4.79 Å². The number of anilines is 1. The molecule has 0 radical (unpaired) electrons. The van der Waals surface area contributed by atoms with E-state index in [-0.39, 0.29) is 11.4 Å². The standard InChI is InChI=1S/C19H23N3O/c1-13(23)21-16-6-4-15(5-7-16)18-12-17(19(2,3)22-18)14-8-10-20-11-9-14/h4-11,17-18,22H,12H2,1-3H3,(H,21,23)/t17-,18-/m0/s1. The molecule has 120 valence electrons. The van der Waals surface area contributed by atoms with Gasteiger partial charge in [0.2, 0.25) is 5.91 Å². The highest BCUT2D eigenvalue weighted by Gasteiger charge is 2.40. The van der Waals surface area contributed by atoms with Crippen LogP contribution in [0, 0.1) is 0 Å². The predicted octanol–water partition coefficient (Wildman–Crippen LogP) is 3.64. The lowest BCUT2D eigenvalue weighted by atomic mass is 9.83. The Labute approximate surface area is 137 Å². The quantitative estimate of drug-likeness (QED) is 0.910. The van der Waals surface area contributed by atoms with Gasteiger partial charge in [-0.1, -0.05) is 12.1 Å². The van der Waals surface area contributed by atoms with Gasteiger partial charge in [0.05, 0.1) is 0 Å². The van der Waals surface area contributed by atoms with Crippen molar-refractivity contribution in [3.05, 3.63) is 59.9 Å². The Morgan fingerprint density at radius 3 is 2.39 bits per heavy atom. The molecule has 1 aromatic carbocycles. The van der Waals surface area contributed by atoms with E-state index in [0.717, 1.165) is 12.1 Å². The Bertz CT molecular complexity index is 680. The molecule has 4 nitrogen and oxygen atoms in total. The summed E-state index contributed by atoms with van der Waals surface area (Å²) < 4.78 is 0. The van der Waals surface area contributed by atoms with Crippen LogP contribution in [-0.4, -0.2) is 16.4 Å². The van der Waals surface area contributed by atoms with Gasteiger partial charge in [0, 0.05) is 42.5 Å². The molecule has 1 fully saturated rings. The number of hydrogen-bond acceptors (Lipinski definition) is 3. The van der Waals surface area contributed by atoms with Crippen molar-refractivity contribution in [2.24, 2.45) is 0 Å². The van der Waals surface area contributed by atoms with Gasteiger partial charge >= 0.3 is 0 Å². The number of hydrogen-bond donors (Lipinski definition) is 2. The smallest absolute Gasteiger partial charge is 0.221 e. The first-order valence-corrected chi connectivity index (χ1v) is 8.01. The second-order valence-corrected chi connectivity index (χ2v) is 6.79. The van der Waals surface area contributed by atoms with Crippen LogP contribution in [0.25, 0.3) is 0 Å². The van der Waals surface area contributed by atoms with E-state index in [1.807, 2.05) is 24.5 Å². The van der Waals surface area contributed by atoms with Crippen LogP contribution < -0.4 is 10.6 Å². The summed E-state index contributed by atoms with van der Waals surface area (Å²) in [4.78, 5) is 15.2. The summed E-state index contributed by atoms with van der Waals surface area (Å²) in [5.74, 6) is 0.404. The summed E-state index contributed by atoms with van der Waals surface area (Å²) in [5, 5.41) is 6.55. The number of amides is 1. The average molecular weight is 309 g/mol. The minimum Gasteiger partial charge on any atom is -0.326 e. The van der Waals surface area contributed by atoms with Crippen LogP contribution in [0.1, 0.15) is 50.3 Å². The van der Waals surface area contributed by atoms with Gasteiger partial charge in [-0.15, -0.1) is 0 Å². The molecule has 0 saturated carbocycles. The molecule has 1 aromatic heterocycles. The number of carbonyl (C=O) groups is 1. The van der Waals surface area contributed by atoms with Gasteiger partial charge in [0.1, 0.15) is 0 Å². The Morgan fingerprint density at radius 1 is 1.13 bits per heavy atom. The maximum Gasteiger partial charge on any atom is 0.221 e. The van der Waals surface area contributed by atoms with Crippen LogP contribution in [0.3, 0.4) is 0 Å². The van der Waals surface area contributed by atoms with Crippen molar-refractivity contribution < 1.29 is 4.79 Å². The fraction of sp³-hybridized carbons (Fsp3) is 0.368. The third-order valence-electron chi connectivity index (χ3n) is 4.63. The zero-order chi connectivity index (χ0) is 16.4. The van der Waals surface area contributed by atoms with Crippen LogP contribution in [0.15, 0.2) is 48.8 Å². The first-order chi connectivity index (χ1) is 11.0. The van der Waals surface area contributed by atoms with Crippen LogP contribution in [0.2, 0.25) is 0 Å². The van der Waals surface area contributed by atoms with Crippen LogP contribution in [0.4, 0.5) is 5.69 Å². The van der Waals surface area contributed by atoms with Gasteiger partial charge in [-0.3, -0.25) is 9.78 Å². The Balaban J connectivity index is 1.79. The molecule has 3 rings (SSSR count). The molecule has 0 bridgehead atoms. The molecule has 1 saturated heterocycles. The number of aromatic nitrogens is 1.